The molecular formula is C9H11N3O5. The molecule has 92 valence electrons. The number of aliphatic hydroxyl groups excluding tert-OH is 1. The lowest BCUT2D eigenvalue weighted by atomic mass is 10.2. The number of anilines is 1. The predicted molar refractivity (Wildman–Crippen MR) is 58.2 cm³/mol. The minimum atomic E-state index is -1.28. The number of nitrogens with zero attached hydrogens (tertiary/aromatic N) is 3. The molecule has 1 rings (SSSR count). The number of carbonyl (C=O) groups is 1. The van der Waals surface area contributed by atoms with Crippen LogP contribution in [-0.2, 0) is 0 Å². The molecule has 8 heteroatoms. The van der Waals surface area contributed by atoms with Gasteiger partial charge in [0.1, 0.15) is 0 Å². The first kappa shape index (κ1) is 12.8. The number of likely N-dealkylation sites (N-methyl/N-ethyl adjacent to an activating group) is 1. The second-order valence-electron chi connectivity index (χ2n) is 3.27. The molecule has 1 heterocycles. The first-order valence-electron chi connectivity index (χ1n) is 4.67. The number of hydrogen-bond donors (Lipinski definition) is 2. The van der Waals surface area contributed by atoms with E-state index in [0.717, 1.165) is 12.3 Å². The molecular weight excluding hydrogens is 230 g/mol. The quantitative estimate of drug-likeness (QED) is 0.555. The maximum absolute atomic E-state index is 10.8. The van der Waals surface area contributed by atoms with Crippen molar-refractivity contribution in [2.75, 3.05) is 25.1 Å². The van der Waals surface area contributed by atoms with Gasteiger partial charge in [-0.2, -0.15) is 0 Å². The number of nitro groups is 1. The number of aromatic carboxylic acids is 1. The Hall–Kier alpha value is -2.22. The Morgan fingerprint density at radius 3 is 2.76 bits per heavy atom. The van der Waals surface area contributed by atoms with Crippen LogP contribution in [0, 0.1) is 10.1 Å². The second kappa shape index (κ2) is 5.21. The Bertz CT molecular complexity index is 448. The Balaban J connectivity index is 3.22. The summed E-state index contributed by atoms with van der Waals surface area (Å²) in [7, 11) is 1.52. The molecule has 0 bridgehead atoms. The monoisotopic (exact) mass is 241 g/mol. The predicted octanol–water partition coefficient (Wildman–Crippen LogP) is 0.116. The van der Waals surface area contributed by atoms with Gasteiger partial charge in [-0.15, -0.1) is 0 Å². The third kappa shape index (κ3) is 2.88. The smallest absolute Gasteiger partial charge is 0.337 e. The molecule has 0 atom stereocenters. The van der Waals surface area contributed by atoms with E-state index in [0.29, 0.717) is 0 Å². The average molecular weight is 241 g/mol. The number of aromatic nitrogens is 1. The summed E-state index contributed by atoms with van der Waals surface area (Å²) in [5, 5.41) is 28.2. The van der Waals surface area contributed by atoms with E-state index in [9.17, 15) is 14.9 Å². The summed E-state index contributed by atoms with van der Waals surface area (Å²) in [4.78, 5) is 25.9. The maximum atomic E-state index is 10.8. The van der Waals surface area contributed by atoms with Crippen LogP contribution in [0.3, 0.4) is 0 Å². The van der Waals surface area contributed by atoms with Crippen molar-refractivity contribution in [3.63, 3.8) is 0 Å². The first-order valence-corrected chi connectivity index (χ1v) is 4.67. The highest BCUT2D eigenvalue weighted by molar-refractivity contribution is 5.88. The lowest BCUT2D eigenvalue weighted by molar-refractivity contribution is -0.384. The standard InChI is InChI=1S/C9H11N3O5/c1-11(2-3-13)8-7(12(16)17)4-6(5-10-8)9(14)15/h4-5,13H,2-3H2,1H3,(H,14,15). The van der Waals surface area contributed by atoms with Crippen molar-refractivity contribution in [3.8, 4) is 0 Å². The van der Waals surface area contributed by atoms with Gasteiger partial charge in [-0.1, -0.05) is 0 Å². The van der Waals surface area contributed by atoms with E-state index in [1.807, 2.05) is 0 Å². The normalized spacial score (nSPS) is 10.0. The van der Waals surface area contributed by atoms with Crippen LogP contribution in [0.5, 0.6) is 0 Å². The van der Waals surface area contributed by atoms with Crippen molar-refractivity contribution in [2.24, 2.45) is 0 Å². The summed E-state index contributed by atoms with van der Waals surface area (Å²) in [6.07, 6.45) is 1.04. The summed E-state index contributed by atoms with van der Waals surface area (Å²) in [5.41, 5.74) is -0.654. The van der Waals surface area contributed by atoms with Gasteiger partial charge in [0, 0.05) is 25.9 Å². The van der Waals surface area contributed by atoms with E-state index in [4.69, 9.17) is 10.2 Å². The van der Waals surface area contributed by atoms with Gasteiger partial charge in [-0.25, -0.2) is 9.78 Å². The summed E-state index contributed by atoms with van der Waals surface area (Å²) >= 11 is 0. The molecule has 0 amide bonds. The van der Waals surface area contributed by atoms with E-state index >= 15 is 0 Å². The summed E-state index contributed by atoms with van der Waals surface area (Å²) in [5.74, 6) is -1.26. The van der Waals surface area contributed by atoms with Gasteiger partial charge in [0.2, 0.25) is 5.82 Å². The molecule has 0 aliphatic heterocycles. The van der Waals surface area contributed by atoms with Crippen LogP contribution >= 0.6 is 0 Å². The molecule has 0 aromatic carbocycles. The topological polar surface area (TPSA) is 117 Å². The Labute approximate surface area is 96.3 Å². The molecule has 17 heavy (non-hydrogen) atoms. The zero-order chi connectivity index (χ0) is 13.0. The minimum absolute atomic E-state index is 0.0223. The first-order chi connectivity index (χ1) is 7.97. The van der Waals surface area contributed by atoms with Gasteiger partial charge in [0.15, 0.2) is 0 Å². The highest BCUT2D eigenvalue weighted by Gasteiger charge is 2.21. The fourth-order valence-corrected chi connectivity index (χ4v) is 1.25. The number of carboxylic acid groups (broad SMARTS) is 1. The van der Waals surface area contributed by atoms with Crippen LogP contribution in [0.25, 0.3) is 0 Å². The van der Waals surface area contributed by atoms with Crippen molar-refractivity contribution in [2.45, 2.75) is 0 Å². The second-order valence-corrected chi connectivity index (χ2v) is 3.27. The average Bonchev–Trinajstić information content (AvgIpc) is 2.28. The van der Waals surface area contributed by atoms with E-state index in [2.05, 4.69) is 4.98 Å². The molecule has 0 unspecified atom stereocenters. The number of aliphatic hydroxyl groups is 1. The molecule has 0 radical (unpaired) electrons. The molecule has 0 fully saturated rings. The molecule has 8 nitrogen and oxygen atoms in total. The molecule has 1 aromatic rings. The van der Waals surface area contributed by atoms with E-state index in [-0.39, 0.29) is 24.5 Å². The van der Waals surface area contributed by atoms with Gasteiger partial charge >= 0.3 is 11.7 Å². The van der Waals surface area contributed by atoms with Crippen LogP contribution < -0.4 is 4.90 Å². The van der Waals surface area contributed by atoms with Gasteiger partial charge in [0.05, 0.1) is 17.1 Å². The Kier molecular flexibility index (Phi) is 3.94. The van der Waals surface area contributed by atoms with Gasteiger partial charge < -0.3 is 15.1 Å². The van der Waals surface area contributed by atoms with Crippen LogP contribution in [0.4, 0.5) is 11.5 Å². The van der Waals surface area contributed by atoms with Crippen molar-refractivity contribution in [3.05, 3.63) is 27.9 Å². The largest absolute Gasteiger partial charge is 0.478 e. The Morgan fingerprint density at radius 2 is 2.29 bits per heavy atom. The van der Waals surface area contributed by atoms with Crippen molar-refractivity contribution in [1.82, 2.24) is 4.98 Å². The van der Waals surface area contributed by atoms with Gasteiger partial charge in [-0.05, 0) is 0 Å². The number of hydrogen-bond acceptors (Lipinski definition) is 6. The number of rotatable bonds is 5. The van der Waals surface area contributed by atoms with Crippen LogP contribution in [-0.4, -0.2) is 46.3 Å². The van der Waals surface area contributed by atoms with Crippen LogP contribution in [0.15, 0.2) is 12.3 Å². The molecule has 0 aliphatic carbocycles. The zero-order valence-corrected chi connectivity index (χ0v) is 9.03. The summed E-state index contributed by atoms with van der Waals surface area (Å²) < 4.78 is 0. The number of pyridine rings is 1. The third-order valence-corrected chi connectivity index (χ3v) is 2.09. The molecule has 0 saturated carbocycles. The molecule has 0 spiro atoms. The Morgan fingerprint density at radius 1 is 1.65 bits per heavy atom. The molecule has 0 saturated heterocycles. The van der Waals surface area contributed by atoms with Crippen molar-refractivity contribution >= 4 is 17.5 Å². The lowest BCUT2D eigenvalue weighted by Gasteiger charge is -2.16. The summed E-state index contributed by atoms with van der Waals surface area (Å²) in [6, 6.07) is 0.943. The zero-order valence-electron chi connectivity index (χ0n) is 9.03. The maximum Gasteiger partial charge on any atom is 0.337 e. The van der Waals surface area contributed by atoms with Gasteiger partial charge in [-0.3, -0.25) is 10.1 Å². The van der Waals surface area contributed by atoms with Crippen molar-refractivity contribution in [1.29, 1.82) is 0 Å². The van der Waals surface area contributed by atoms with Crippen LogP contribution in [0.1, 0.15) is 10.4 Å². The van der Waals surface area contributed by atoms with E-state index in [1.165, 1.54) is 11.9 Å². The fraction of sp³-hybridized carbons (Fsp3) is 0.333. The molecule has 0 aliphatic rings. The number of carboxylic acids is 1. The highest BCUT2D eigenvalue weighted by Crippen LogP contribution is 2.25. The highest BCUT2D eigenvalue weighted by atomic mass is 16.6. The third-order valence-electron chi connectivity index (χ3n) is 2.09. The SMILES string of the molecule is CN(CCO)c1ncc(C(=O)O)cc1[N+](=O)[O-]. The van der Waals surface area contributed by atoms with Crippen LogP contribution in [0.2, 0.25) is 0 Å². The van der Waals surface area contributed by atoms with E-state index < -0.39 is 16.6 Å². The molecule has 2 N–H and O–H groups in total. The summed E-state index contributed by atoms with van der Waals surface area (Å²) in [6.45, 7) is -0.0176. The fourth-order valence-electron chi connectivity index (χ4n) is 1.25. The van der Waals surface area contributed by atoms with Crippen molar-refractivity contribution < 1.29 is 19.9 Å². The minimum Gasteiger partial charge on any atom is -0.478 e. The lowest BCUT2D eigenvalue weighted by Crippen LogP contribution is -2.23. The van der Waals surface area contributed by atoms with E-state index in [1.54, 1.807) is 0 Å². The van der Waals surface area contributed by atoms with Gasteiger partial charge in [0.25, 0.3) is 0 Å². The molecule has 1 aromatic heterocycles.